The topological polar surface area (TPSA) is 52.2 Å². The van der Waals surface area contributed by atoms with E-state index in [0.29, 0.717) is 12.3 Å². The minimum absolute atomic E-state index is 0.181. The van der Waals surface area contributed by atoms with Crippen molar-refractivity contribution in [1.29, 1.82) is 0 Å². The normalized spacial score (nSPS) is 14.6. The lowest BCUT2D eigenvalue weighted by Gasteiger charge is -2.30. The second-order valence-electron chi connectivity index (χ2n) is 4.90. The molecular weight excluding hydrogens is 166 g/mol. The predicted octanol–water partition coefficient (Wildman–Crippen LogP) is 0.539. The van der Waals surface area contributed by atoms with Crippen LogP contribution in [0.5, 0.6) is 0 Å². The second kappa shape index (κ2) is 4.61. The summed E-state index contributed by atoms with van der Waals surface area (Å²) in [4.78, 5) is 10.7. The van der Waals surface area contributed by atoms with Crippen LogP contribution in [0.25, 0.3) is 0 Å². The maximum atomic E-state index is 10.7. The van der Waals surface area contributed by atoms with Gasteiger partial charge in [-0.05, 0) is 33.1 Å². The number of carbonyl (C=O) groups excluding carboxylic acids is 1. The molecule has 1 atom stereocenters. The van der Waals surface area contributed by atoms with Gasteiger partial charge in [-0.2, -0.15) is 0 Å². The summed E-state index contributed by atoms with van der Waals surface area (Å²) in [6.45, 7) is 9.84. The van der Waals surface area contributed by atoms with Crippen LogP contribution in [0.2, 0.25) is 0 Å². The Labute approximate surface area is 80.5 Å². The third kappa shape index (κ3) is 6.58. The molecule has 0 rings (SSSR count). The Balaban J connectivity index is 4.19. The summed E-state index contributed by atoms with van der Waals surface area (Å²) in [7, 11) is 0. The highest BCUT2D eigenvalue weighted by atomic mass is 16.4. The first-order valence-corrected chi connectivity index (χ1v) is 4.71. The van der Waals surface area contributed by atoms with Crippen LogP contribution in [-0.4, -0.2) is 17.6 Å². The van der Waals surface area contributed by atoms with Gasteiger partial charge in [0.2, 0.25) is 0 Å². The summed E-state index contributed by atoms with van der Waals surface area (Å²) in [6, 6.07) is -0.542. The zero-order valence-electron chi connectivity index (χ0n) is 9.18. The van der Waals surface area contributed by atoms with Crippen molar-refractivity contribution in [2.24, 2.45) is 5.92 Å². The molecular formula is C10H20NO2-. The molecule has 3 nitrogen and oxygen atoms in total. The fourth-order valence-corrected chi connectivity index (χ4v) is 1.21. The van der Waals surface area contributed by atoms with E-state index in [1.807, 2.05) is 34.6 Å². The predicted molar refractivity (Wildman–Crippen MR) is 51.1 cm³/mol. The van der Waals surface area contributed by atoms with Crippen molar-refractivity contribution in [2.75, 3.05) is 0 Å². The Hall–Kier alpha value is -0.570. The lowest BCUT2D eigenvalue weighted by molar-refractivity contribution is -0.309. The Morgan fingerprint density at radius 3 is 2.08 bits per heavy atom. The van der Waals surface area contributed by atoms with Crippen molar-refractivity contribution in [3.63, 3.8) is 0 Å². The van der Waals surface area contributed by atoms with Crippen molar-refractivity contribution in [2.45, 2.75) is 52.6 Å². The van der Waals surface area contributed by atoms with Gasteiger partial charge >= 0.3 is 0 Å². The van der Waals surface area contributed by atoms with Gasteiger partial charge in [0.25, 0.3) is 0 Å². The van der Waals surface area contributed by atoms with Gasteiger partial charge in [0.15, 0.2) is 0 Å². The standard InChI is InChI=1S/C10H21NO2/c1-7(2)6-8(9(12)13)11-10(3,4)5/h7-8,11H,6H2,1-5H3,(H,12,13)/p-1. The van der Waals surface area contributed by atoms with E-state index in [1.54, 1.807) is 0 Å². The van der Waals surface area contributed by atoms with Gasteiger partial charge in [-0.25, -0.2) is 0 Å². The van der Waals surface area contributed by atoms with Gasteiger partial charge in [0.05, 0.1) is 5.97 Å². The fraction of sp³-hybridized carbons (Fsp3) is 0.900. The van der Waals surface area contributed by atoms with Crippen LogP contribution < -0.4 is 10.4 Å². The molecule has 0 radical (unpaired) electrons. The summed E-state index contributed by atoms with van der Waals surface area (Å²) in [6.07, 6.45) is 0.611. The molecule has 3 heteroatoms. The van der Waals surface area contributed by atoms with Gasteiger partial charge in [-0.1, -0.05) is 13.8 Å². The summed E-state index contributed by atoms with van der Waals surface area (Å²) in [5.41, 5.74) is -0.181. The smallest absolute Gasteiger partial charge is 0.0584 e. The molecule has 0 aliphatic rings. The molecule has 0 bridgehead atoms. The molecule has 1 N–H and O–H groups in total. The van der Waals surface area contributed by atoms with Crippen LogP contribution >= 0.6 is 0 Å². The van der Waals surface area contributed by atoms with E-state index in [-0.39, 0.29) is 5.54 Å². The van der Waals surface area contributed by atoms with Gasteiger partial charge in [0.1, 0.15) is 0 Å². The molecule has 0 aromatic rings. The number of hydrogen-bond acceptors (Lipinski definition) is 3. The fourth-order valence-electron chi connectivity index (χ4n) is 1.21. The minimum Gasteiger partial charge on any atom is -0.548 e. The van der Waals surface area contributed by atoms with Crippen molar-refractivity contribution in [3.05, 3.63) is 0 Å². The lowest BCUT2D eigenvalue weighted by Crippen LogP contribution is -2.53. The number of nitrogens with one attached hydrogen (secondary N) is 1. The molecule has 0 aliphatic carbocycles. The number of carbonyl (C=O) groups is 1. The molecule has 0 aromatic heterocycles. The van der Waals surface area contributed by atoms with E-state index in [4.69, 9.17) is 0 Å². The number of hydrogen-bond donors (Lipinski definition) is 1. The van der Waals surface area contributed by atoms with E-state index in [9.17, 15) is 9.90 Å². The third-order valence-electron chi connectivity index (χ3n) is 1.60. The molecule has 78 valence electrons. The number of carboxylic acid groups (broad SMARTS) is 1. The highest BCUT2D eigenvalue weighted by Crippen LogP contribution is 2.08. The average molecular weight is 186 g/mol. The van der Waals surface area contributed by atoms with Gasteiger partial charge in [0, 0.05) is 11.6 Å². The van der Waals surface area contributed by atoms with Crippen LogP contribution in [-0.2, 0) is 4.79 Å². The first-order valence-electron chi connectivity index (χ1n) is 4.71. The summed E-state index contributed by atoms with van der Waals surface area (Å²) < 4.78 is 0. The van der Waals surface area contributed by atoms with Gasteiger partial charge in [-0.15, -0.1) is 0 Å². The van der Waals surface area contributed by atoms with Crippen LogP contribution in [0.3, 0.4) is 0 Å². The molecule has 0 aromatic carbocycles. The maximum Gasteiger partial charge on any atom is 0.0584 e. The molecule has 0 fully saturated rings. The average Bonchev–Trinajstić information content (AvgIpc) is 1.81. The Morgan fingerprint density at radius 1 is 1.38 bits per heavy atom. The number of carboxylic acids is 1. The molecule has 0 saturated heterocycles. The number of aliphatic carboxylic acids is 1. The van der Waals surface area contributed by atoms with E-state index in [0.717, 1.165) is 0 Å². The Bertz CT molecular complexity index is 170. The zero-order chi connectivity index (χ0) is 10.6. The van der Waals surface area contributed by atoms with E-state index in [2.05, 4.69) is 5.32 Å². The van der Waals surface area contributed by atoms with Crippen LogP contribution in [0.4, 0.5) is 0 Å². The zero-order valence-corrected chi connectivity index (χ0v) is 9.18. The molecule has 1 unspecified atom stereocenters. The van der Waals surface area contributed by atoms with Crippen LogP contribution in [0.15, 0.2) is 0 Å². The SMILES string of the molecule is CC(C)CC(NC(C)(C)C)C(=O)[O-]. The van der Waals surface area contributed by atoms with Gasteiger partial charge in [-0.3, -0.25) is 0 Å². The lowest BCUT2D eigenvalue weighted by atomic mass is 10.00. The highest BCUT2D eigenvalue weighted by Gasteiger charge is 2.18. The van der Waals surface area contributed by atoms with Crippen LogP contribution in [0.1, 0.15) is 41.0 Å². The second-order valence-corrected chi connectivity index (χ2v) is 4.90. The molecule has 0 heterocycles. The highest BCUT2D eigenvalue weighted by molar-refractivity contribution is 5.71. The maximum absolute atomic E-state index is 10.7. The number of rotatable bonds is 4. The first-order chi connectivity index (χ1) is 5.72. The first kappa shape index (κ1) is 12.4. The molecule has 0 amide bonds. The monoisotopic (exact) mass is 186 g/mol. The molecule has 0 aliphatic heterocycles. The van der Waals surface area contributed by atoms with E-state index in [1.165, 1.54) is 0 Å². The van der Waals surface area contributed by atoms with Crippen molar-refractivity contribution >= 4 is 5.97 Å². The Morgan fingerprint density at radius 2 is 1.85 bits per heavy atom. The van der Waals surface area contributed by atoms with Crippen molar-refractivity contribution < 1.29 is 9.90 Å². The molecule has 0 spiro atoms. The summed E-state index contributed by atoms with van der Waals surface area (Å²) >= 11 is 0. The van der Waals surface area contributed by atoms with Crippen molar-refractivity contribution in [1.82, 2.24) is 5.32 Å². The third-order valence-corrected chi connectivity index (χ3v) is 1.60. The quantitative estimate of drug-likeness (QED) is 0.697. The summed E-state index contributed by atoms with van der Waals surface area (Å²) in [5, 5.41) is 13.8. The summed E-state index contributed by atoms with van der Waals surface area (Å²) in [5.74, 6) is -0.652. The minimum atomic E-state index is -1.01. The van der Waals surface area contributed by atoms with Crippen molar-refractivity contribution in [3.8, 4) is 0 Å². The largest absolute Gasteiger partial charge is 0.548 e. The molecule has 13 heavy (non-hydrogen) atoms. The van der Waals surface area contributed by atoms with E-state index < -0.39 is 12.0 Å². The Kier molecular flexibility index (Phi) is 4.40. The van der Waals surface area contributed by atoms with Gasteiger partial charge < -0.3 is 15.2 Å². The molecule has 0 saturated carbocycles. The van der Waals surface area contributed by atoms with Crippen LogP contribution in [0, 0.1) is 5.92 Å². The van der Waals surface area contributed by atoms with E-state index >= 15 is 0 Å².